The van der Waals surface area contributed by atoms with Crippen LogP contribution < -0.4 is 0 Å². The largest absolute Gasteiger partial charge is 0.480 e. The third kappa shape index (κ3) is 1.93. The van der Waals surface area contributed by atoms with E-state index in [9.17, 15) is 4.79 Å². The average molecular weight is 282 g/mol. The van der Waals surface area contributed by atoms with Crippen molar-refractivity contribution >= 4 is 37.8 Å². The monoisotopic (exact) mass is 280 g/mol. The lowest BCUT2D eigenvalue weighted by atomic mass is 10.0. The van der Waals surface area contributed by atoms with Crippen LogP contribution in [0.15, 0.2) is 22.7 Å². The fourth-order valence-corrected chi connectivity index (χ4v) is 2.24. The number of aliphatic carboxylic acids is 1. The van der Waals surface area contributed by atoms with Crippen molar-refractivity contribution in [3.05, 3.63) is 22.7 Å². The van der Waals surface area contributed by atoms with E-state index in [1.54, 1.807) is 12.2 Å². The molecule has 1 rings (SSSR count). The maximum atomic E-state index is 10.7. The Morgan fingerprint density at radius 3 is 2.73 bits per heavy atom. The minimum Gasteiger partial charge on any atom is -0.480 e. The summed E-state index contributed by atoms with van der Waals surface area (Å²) in [5.41, 5.74) is 0. The van der Waals surface area contributed by atoms with E-state index in [0.717, 1.165) is 4.48 Å². The zero-order valence-electron chi connectivity index (χ0n) is 5.55. The quantitative estimate of drug-likeness (QED) is 0.750. The van der Waals surface area contributed by atoms with Gasteiger partial charge in [-0.3, -0.25) is 4.79 Å². The SMILES string of the molecule is O=C(O)C1(Br)C=CC=C(Br)C1. The molecule has 0 saturated heterocycles. The summed E-state index contributed by atoms with van der Waals surface area (Å²) in [7, 11) is 0. The van der Waals surface area contributed by atoms with Gasteiger partial charge in [0.1, 0.15) is 4.32 Å². The third-order valence-corrected chi connectivity index (χ3v) is 2.85. The molecule has 0 heterocycles. The molecule has 1 N–H and O–H groups in total. The maximum Gasteiger partial charge on any atom is 0.324 e. The minimum atomic E-state index is -0.916. The summed E-state index contributed by atoms with van der Waals surface area (Å²) in [5.74, 6) is -0.862. The van der Waals surface area contributed by atoms with E-state index in [2.05, 4.69) is 31.9 Å². The molecule has 0 fully saturated rings. The lowest BCUT2D eigenvalue weighted by molar-refractivity contribution is -0.138. The molecule has 0 aliphatic heterocycles. The lowest BCUT2D eigenvalue weighted by Crippen LogP contribution is -2.30. The highest BCUT2D eigenvalue weighted by Crippen LogP contribution is 2.34. The van der Waals surface area contributed by atoms with Crippen molar-refractivity contribution in [2.75, 3.05) is 0 Å². The molecule has 60 valence electrons. The van der Waals surface area contributed by atoms with E-state index in [0.29, 0.717) is 6.42 Å². The molecular formula is C7H6Br2O2. The normalized spacial score (nSPS) is 29.8. The molecule has 0 radical (unpaired) electrons. The Balaban J connectivity index is 2.86. The molecule has 0 saturated carbocycles. The first-order chi connectivity index (χ1) is 5.04. The number of rotatable bonds is 1. The van der Waals surface area contributed by atoms with Gasteiger partial charge in [-0.15, -0.1) is 0 Å². The van der Waals surface area contributed by atoms with Gasteiger partial charge >= 0.3 is 5.97 Å². The van der Waals surface area contributed by atoms with E-state index in [1.807, 2.05) is 6.08 Å². The molecule has 4 heteroatoms. The second-order valence-corrected chi connectivity index (χ2v) is 4.75. The molecular weight excluding hydrogens is 276 g/mol. The summed E-state index contributed by atoms with van der Waals surface area (Å²) in [4.78, 5) is 10.7. The summed E-state index contributed by atoms with van der Waals surface area (Å²) in [5, 5.41) is 8.77. The Morgan fingerprint density at radius 2 is 2.36 bits per heavy atom. The van der Waals surface area contributed by atoms with Crippen LogP contribution in [-0.2, 0) is 4.79 Å². The fraction of sp³-hybridized carbons (Fsp3) is 0.286. The Labute approximate surface area is 81.2 Å². The first kappa shape index (κ1) is 9.00. The molecule has 0 aromatic heterocycles. The molecule has 0 bridgehead atoms. The highest BCUT2D eigenvalue weighted by atomic mass is 79.9. The molecule has 0 aromatic carbocycles. The summed E-state index contributed by atoms with van der Waals surface area (Å²) < 4.78 is -0.0279. The number of carbonyl (C=O) groups is 1. The number of allylic oxidation sites excluding steroid dienone is 3. The standard InChI is InChI=1S/C7H6Br2O2/c8-5-2-1-3-7(9,4-5)6(10)11/h1-3H,4H2,(H,10,11). The van der Waals surface area contributed by atoms with Crippen LogP contribution in [0.2, 0.25) is 0 Å². The number of hydrogen-bond donors (Lipinski definition) is 1. The van der Waals surface area contributed by atoms with Crippen LogP contribution in [0.5, 0.6) is 0 Å². The van der Waals surface area contributed by atoms with Gasteiger partial charge in [0.15, 0.2) is 0 Å². The third-order valence-electron chi connectivity index (χ3n) is 1.42. The lowest BCUT2D eigenvalue weighted by Gasteiger charge is -2.20. The molecule has 0 spiro atoms. The van der Waals surface area contributed by atoms with Crippen molar-refractivity contribution in [3.63, 3.8) is 0 Å². The predicted octanol–water partition coefficient (Wildman–Crippen LogP) is 2.44. The maximum absolute atomic E-state index is 10.7. The van der Waals surface area contributed by atoms with Crippen molar-refractivity contribution in [1.29, 1.82) is 0 Å². The van der Waals surface area contributed by atoms with Crippen LogP contribution >= 0.6 is 31.9 Å². The number of halogens is 2. The number of alkyl halides is 1. The minimum absolute atomic E-state index is 0.457. The molecule has 1 aliphatic carbocycles. The van der Waals surface area contributed by atoms with Crippen LogP contribution in [0.4, 0.5) is 0 Å². The first-order valence-corrected chi connectivity index (χ1v) is 4.59. The molecule has 0 amide bonds. The van der Waals surface area contributed by atoms with Crippen molar-refractivity contribution in [2.45, 2.75) is 10.7 Å². The predicted molar refractivity (Wildman–Crippen MR) is 50.1 cm³/mol. The van der Waals surface area contributed by atoms with Gasteiger partial charge < -0.3 is 5.11 Å². The fourth-order valence-electron chi connectivity index (χ4n) is 0.816. The second kappa shape index (κ2) is 3.11. The van der Waals surface area contributed by atoms with Crippen LogP contribution in [0.3, 0.4) is 0 Å². The van der Waals surface area contributed by atoms with Gasteiger partial charge in [0, 0.05) is 6.42 Å². The average Bonchev–Trinajstić information content (AvgIpc) is 1.86. The molecule has 0 aromatic rings. The summed E-state index contributed by atoms with van der Waals surface area (Å²) in [6.45, 7) is 0. The topological polar surface area (TPSA) is 37.3 Å². The van der Waals surface area contributed by atoms with Crippen LogP contribution in [0, 0.1) is 0 Å². The van der Waals surface area contributed by atoms with Crippen LogP contribution in [0.25, 0.3) is 0 Å². The number of hydrogen-bond acceptors (Lipinski definition) is 1. The van der Waals surface area contributed by atoms with E-state index in [4.69, 9.17) is 5.11 Å². The van der Waals surface area contributed by atoms with Crippen molar-refractivity contribution in [2.24, 2.45) is 0 Å². The Morgan fingerprint density at radius 1 is 1.73 bits per heavy atom. The highest BCUT2D eigenvalue weighted by Gasteiger charge is 2.34. The zero-order chi connectivity index (χ0) is 8.48. The van der Waals surface area contributed by atoms with Gasteiger partial charge in [0.2, 0.25) is 0 Å². The smallest absolute Gasteiger partial charge is 0.324 e. The summed E-state index contributed by atoms with van der Waals surface area (Å²) in [6, 6.07) is 0. The molecule has 1 atom stereocenters. The van der Waals surface area contributed by atoms with Gasteiger partial charge in [0.25, 0.3) is 0 Å². The van der Waals surface area contributed by atoms with Gasteiger partial charge in [-0.25, -0.2) is 0 Å². The first-order valence-electron chi connectivity index (χ1n) is 3.01. The highest BCUT2D eigenvalue weighted by molar-refractivity contribution is 9.12. The Hall–Kier alpha value is -0.0900. The number of carboxylic acid groups (broad SMARTS) is 1. The molecule has 1 unspecified atom stereocenters. The zero-order valence-corrected chi connectivity index (χ0v) is 8.72. The van der Waals surface area contributed by atoms with Crippen molar-refractivity contribution in [3.8, 4) is 0 Å². The van der Waals surface area contributed by atoms with Gasteiger partial charge in [-0.1, -0.05) is 50.1 Å². The Bertz CT molecular complexity index is 245. The van der Waals surface area contributed by atoms with Crippen LogP contribution in [0.1, 0.15) is 6.42 Å². The molecule has 11 heavy (non-hydrogen) atoms. The molecule has 2 nitrogen and oxygen atoms in total. The van der Waals surface area contributed by atoms with E-state index in [1.165, 1.54) is 0 Å². The van der Waals surface area contributed by atoms with Gasteiger partial charge in [-0.05, 0) is 4.48 Å². The number of carboxylic acids is 1. The van der Waals surface area contributed by atoms with E-state index >= 15 is 0 Å². The van der Waals surface area contributed by atoms with Gasteiger partial charge in [0.05, 0.1) is 0 Å². The second-order valence-electron chi connectivity index (χ2n) is 2.32. The Kier molecular flexibility index (Phi) is 2.54. The molecule has 1 aliphatic rings. The van der Waals surface area contributed by atoms with Crippen molar-refractivity contribution < 1.29 is 9.90 Å². The van der Waals surface area contributed by atoms with Crippen LogP contribution in [-0.4, -0.2) is 15.4 Å². The van der Waals surface area contributed by atoms with Crippen molar-refractivity contribution in [1.82, 2.24) is 0 Å². The summed E-state index contributed by atoms with van der Waals surface area (Å²) in [6.07, 6.45) is 5.64. The van der Waals surface area contributed by atoms with Gasteiger partial charge in [-0.2, -0.15) is 0 Å². The summed E-state index contributed by atoms with van der Waals surface area (Å²) >= 11 is 6.39. The van der Waals surface area contributed by atoms with E-state index in [-0.39, 0.29) is 0 Å². The van der Waals surface area contributed by atoms with E-state index < -0.39 is 10.3 Å².